The van der Waals surface area contributed by atoms with Gasteiger partial charge >= 0.3 is 5.97 Å². The van der Waals surface area contributed by atoms with Gasteiger partial charge in [-0.3, -0.25) is 0 Å². The summed E-state index contributed by atoms with van der Waals surface area (Å²) in [6.45, 7) is 0. The number of nitrogens with one attached hydrogen (secondary N) is 1. The van der Waals surface area contributed by atoms with Gasteiger partial charge < -0.3 is 10.4 Å². The zero-order valence-electron chi connectivity index (χ0n) is 8.76. The van der Waals surface area contributed by atoms with Crippen LogP contribution in [0.3, 0.4) is 0 Å². The molecule has 0 saturated heterocycles. The van der Waals surface area contributed by atoms with Gasteiger partial charge in [0.05, 0.1) is 0 Å². The number of hydrogen-bond acceptors (Lipinski definition) is 3. The molecule has 1 aromatic heterocycles. The van der Waals surface area contributed by atoms with Gasteiger partial charge in [0.2, 0.25) is 0 Å². The highest BCUT2D eigenvalue weighted by atomic mass is 32.1. The highest BCUT2D eigenvalue weighted by Crippen LogP contribution is 2.24. The first kappa shape index (κ1) is 11.6. The molecule has 2 rings (SSSR count). The summed E-state index contributed by atoms with van der Waals surface area (Å²) >= 11 is 1.35. The largest absolute Gasteiger partial charge is 0.479 e. The van der Waals surface area contributed by atoms with E-state index in [4.69, 9.17) is 5.11 Å². The number of carbonyl (C=O) groups is 1. The van der Waals surface area contributed by atoms with Gasteiger partial charge in [-0.2, -0.15) is 0 Å². The zero-order chi connectivity index (χ0) is 12.3. The molecule has 0 spiro atoms. The molecular formula is C12H10FNO2S. The molecule has 0 aliphatic rings. The number of hydrogen-bond donors (Lipinski definition) is 2. The van der Waals surface area contributed by atoms with Gasteiger partial charge in [0.15, 0.2) is 6.04 Å². The molecule has 0 amide bonds. The number of aliphatic carboxylic acids is 1. The minimum absolute atomic E-state index is 0.398. The number of carboxylic acids is 1. The van der Waals surface area contributed by atoms with Crippen molar-refractivity contribution in [1.82, 2.24) is 0 Å². The van der Waals surface area contributed by atoms with Crippen molar-refractivity contribution in [2.24, 2.45) is 0 Å². The quantitative estimate of drug-likeness (QED) is 0.877. The second-order valence-corrected chi connectivity index (χ2v) is 4.42. The van der Waals surface area contributed by atoms with Crippen LogP contribution in [-0.2, 0) is 4.79 Å². The molecule has 0 saturated carbocycles. The Morgan fingerprint density at radius 2 is 2.18 bits per heavy atom. The number of carboxylic acid groups (broad SMARTS) is 1. The molecule has 1 aromatic carbocycles. The average Bonchev–Trinajstić information content (AvgIpc) is 2.78. The highest BCUT2D eigenvalue weighted by Gasteiger charge is 2.20. The molecule has 0 radical (unpaired) electrons. The van der Waals surface area contributed by atoms with Crippen LogP contribution in [0.15, 0.2) is 41.8 Å². The van der Waals surface area contributed by atoms with Crippen molar-refractivity contribution < 1.29 is 14.3 Å². The Labute approximate surface area is 102 Å². The van der Waals surface area contributed by atoms with E-state index in [0.717, 1.165) is 0 Å². The first-order chi connectivity index (χ1) is 8.16. The molecule has 0 fully saturated rings. The minimum atomic E-state index is -0.989. The predicted molar refractivity (Wildman–Crippen MR) is 64.7 cm³/mol. The summed E-state index contributed by atoms with van der Waals surface area (Å²) in [7, 11) is 0. The maximum absolute atomic E-state index is 13.0. The fraction of sp³-hybridized carbons (Fsp3) is 0.0833. The molecule has 2 N–H and O–H groups in total. The molecule has 0 bridgehead atoms. The Hall–Kier alpha value is -1.88. The normalized spacial score (nSPS) is 12.1. The van der Waals surface area contributed by atoms with E-state index in [1.807, 2.05) is 0 Å². The Balaban J connectivity index is 2.22. The first-order valence-corrected chi connectivity index (χ1v) is 5.83. The van der Waals surface area contributed by atoms with Crippen molar-refractivity contribution in [3.8, 4) is 0 Å². The second-order valence-electron chi connectivity index (χ2n) is 3.44. The van der Waals surface area contributed by atoms with E-state index in [0.29, 0.717) is 10.6 Å². The van der Waals surface area contributed by atoms with Crippen molar-refractivity contribution in [2.45, 2.75) is 6.04 Å². The van der Waals surface area contributed by atoms with Crippen LogP contribution in [0.25, 0.3) is 0 Å². The summed E-state index contributed by atoms with van der Waals surface area (Å²) in [5.74, 6) is -1.39. The van der Waals surface area contributed by atoms with Gasteiger partial charge in [0.1, 0.15) is 5.82 Å². The van der Waals surface area contributed by atoms with Gasteiger partial charge in [0, 0.05) is 10.6 Å². The molecule has 17 heavy (non-hydrogen) atoms. The minimum Gasteiger partial charge on any atom is -0.479 e. The standard InChI is InChI=1S/C12H10FNO2S/c13-8-3-1-4-9(7-8)14-11(12(15)16)10-5-2-6-17-10/h1-7,11,14H,(H,15,16). The van der Waals surface area contributed by atoms with E-state index in [-0.39, 0.29) is 0 Å². The number of thiophene rings is 1. The smallest absolute Gasteiger partial charge is 0.331 e. The third-order valence-corrected chi connectivity index (χ3v) is 3.15. The van der Waals surface area contributed by atoms with Crippen molar-refractivity contribution >= 4 is 23.0 Å². The second kappa shape index (κ2) is 4.97. The van der Waals surface area contributed by atoms with Crippen molar-refractivity contribution in [3.63, 3.8) is 0 Å². The average molecular weight is 251 g/mol. The fourth-order valence-electron chi connectivity index (χ4n) is 1.46. The monoisotopic (exact) mass is 251 g/mol. The number of rotatable bonds is 4. The van der Waals surface area contributed by atoms with Gasteiger partial charge in [-0.1, -0.05) is 12.1 Å². The molecule has 1 atom stereocenters. The molecular weight excluding hydrogens is 241 g/mol. The number of benzene rings is 1. The molecule has 1 unspecified atom stereocenters. The SMILES string of the molecule is O=C(O)C(Nc1cccc(F)c1)c1cccs1. The van der Waals surface area contributed by atoms with Gasteiger partial charge in [0.25, 0.3) is 0 Å². The van der Waals surface area contributed by atoms with Crippen LogP contribution in [0.4, 0.5) is 10.1 Å². The van der Waals surface area contributed by atoms with Crippen LogP contribution in [0.5, 0.6) is 0 Å². The van der Waals surface area contributed by atoms with E-state index >= 15 is 0 Å². The molecule has 0 aliphatic carbocycles. The Bertz CT molecular complexity index is 513. The summed E-state index contributed by atoms with van der Waals surface area (Å²) in [5, 5.41) is 13.7. The molecule has 5 heteroatoms. The number of halogens is 1. The Kier molecular flexibility index (Phi) is 3.39. The summed E-state index contributed by atoms with van der Waals surface area (Å²) < 4.78 is 13.0. The van der Waals surface area contributed by atoms with Crippen LogP contribution in [0, 0.1) is 5.82 Å². The number of anilines is 1. The maximum Gasteiger partial charge on any atom is 0.331 e. The molecule has 2 aromatic rings. The lowest BCUT2D eigenvalue weighted by Gasteiger charge is -2.14. The molecule has 1 heterocycles. The zero-order valence-corrected chi connectivity index (χ0v) is 9.58. The summed E-state index contributed by atoms with van der Waals surface area (Å²) in [4.78, 5) is 11.8. The summed E-state index contributed by atoms with van der Waals surface area (Å²) in [5.41, 5.74) is 0.450. The maximum atomic E-state index is 13.0. The van der Waals surface area contributed by atoms with E-state index in [9.17, 15) is 9.18 Å². The van der Waals surface area contributed by atoms with Gasteiger partial charge in [-0.15, -0.1) is 11.3 Å². The lowest BCUT2D eigenvalue weighted by atomic mass is 10.2. The molecule has 0 aliphatic heterocycles. The van der Waals surface area contributed by atoms with Gasteiger partial charge in [-0.25, -0.2) is 9.18 Å². The van der Waals surface area contributed by atoms with E-state index in [1.54, 1.807) is 23.6 Å². The lowest BCUT2D eigenvalue weighted by Crippen LogP contribution is -2.19. The van der Waals surface area contributed by atoms with Gasteiger partial charge in [-0.05, 0) is 29.6 Å². The highest BCUT2D eigenvalue weighted by molar-refractivity contribution is 7.10. The fourth-order valence-corrected chi connectivity index (χ4v) is 2.22. The van der Waals surface area contributed by atoms with Crippen LogP contribution >= 0.6 is 11.3 Å². The Morgan fingerprint density at radius 1 is 1.35 bits per heavy atom. The van der Waals surface area contributed by atoms with Crippen LogP contribution in [0.2, 0.25) is 0 Å². The van der Waals surface area contributed by atoms with Crippen molar-refractivity contribution in [1.29, 1.82) is 0 Å². The summed E-state index contributed by atoms with van der Waals surface area (Å²) in [6.07, 6.45) is 0. The van der Waals surface area contributed by atoms with Crippen molar-refractivity contribution in [2.75, 3.05) is 5.32 Å². The third kappa shape index (κ3) is 2.82. The summed E-state index contributed by atoms with van der Waals surface area (Å²) in [6, 6.07) is 8.41. The van der Waals surface area contributed by atoms with Crippen LogP contribution < -0.4 is 5.32 Å². The van der Waals surface area contributed by atoms with Crippen LogP contribution in [-0.4, -0.2) is 11.1 Å². The first-order valence-electron chi connectivity index (χ1n) is 4.95. The molecule has 3 nitrogen and oxygen atoms in total. The van der Waals surface area contributed by atoms with E-state index < -0.39 is 17.8 Å². The van der Waals surface area contributed by atoms with E-state index in [2.05, 4.69) is 5.32 Å². The lowest BCUT2D eigenvalue weighted by molar-refractivity contribution is -0.138. The third-order valence-electron chi connectivity index (χ3n) is 2.21. The van der Waals surface area contributed by atoms with Crippen LogP contribution in [0.1, 0.15) is 10.9 Å². The predicted octanol–water partition coefficient (Wildman–Crippen LogP) is 3.13. The molecule has 88 valence electrons. The van der Waals surface area contributed by atoms with Crippen molar-refractivity contribution in [3.05, 3.63) is 52.5 Å². The van der Waals surface area contributed by atoms with E-state index in [1.165, 1.54) is 29.5 Å². The topological polar surface area (TPSA) is 49.3 Å². The Morgan fingerprint density at radius 3 is 2.76 bits per heavy atom.